The van der Waals surface area contributed by atoms with Crippen molar-refractivity contribution in [3.63, 3.8) is 0 Å². The van der Waals surface area contributed by atoms with E-state index in [0.717, 1.165) is 46.2 Å². The van der Waals surface area contributed by atoms with Crippen LogP contribution in [0.2, 0.25) is 5.02 Å². The van der Waals surface area contributed by atoms with Gasteiger partial charge >= 0.3 is 0 Å². The molecule has 3 amide bonds. The molecule has 0 aromatic heterocycles. The minimum absolute atomic E-state index is 0.160. The van der Waals surface area contributed by atoms with E-state index in [1.807, 2.05) is 26.0 Å². The quantitative estimate of drug-likeness (QED) is 0.671. The van der Waals surface area contributed by atoms with E-state index < -0.39 is 29.1 Å². The number of fused-ring (bicyclic) bond motifs is 7. The first kappa shape index (κ1) is 19.9. The molecule has 32 heavy (non-hydrogen) atoms. The summed E-state index contributed by atoms with van der Waals surface area (Å²) in [5.41, 5.74) is 2.46. The molecular formula is C24H21ClFN3O3. The lowest BCUT2D eigenvalue weighted by atomic mass is 9.75. The lowest BCUT2D eigenvalue weighted by Gasteiger charge is -2.36. The summed E-state index contributed by atoms with van der Waals surface area (Å²) in [6, 6.07) is 7.59. The normalized spacial score (nSPS) is 30.8. The van der Waals surface area contributed by atoms with Gasteiger partial charge in [-0.3, -0.25) is 19.3 Å². The molecule has 6 rings (SSSR count). The van der Waals surface area contributed by atoms with Crippen LogP contribution in [0.25, 0.3) is 0 Å². The first-order chi connectivity index (χ1) is 15.3. The summed E-state index contributed by atoms with van der Waals surface area (Å²) < 4.78 is 13.7. The number of rotatable bonds is 1. The van der Waals surface area contributed by atoms with Crippen LogP contribution in [0, 0.1) is 31.5 Å². The number of hydrogen-bond donors (Lipinski definition) is 1. The number of nitrogens with zero attached hydrogens (tertiary/aromatic N) is 2. The smallest absolute Gasteiger partial charge is 0.250 e. The van der Waals surface area contributed by atoms with Gasteiger partial charge in [0.15, 0.2) is 0 Å². The second kappa shape index (κ2) is 6.39. The number of nitrogens with one attached hydrogen (secondary N) is 1. The number of halogens is 2. The summed E-state index contributed by atoms with van der Waals surface area (Å²) in [5.74, 6) is -3.12. The van der Waals surface area contributed by atoms with Crippen molar-refractivity contribution in [2.45, 2.75) is 38.3 Å². The summed E-state index contributed by atoms with van der Waals surface area (Å²) in [7, 11) is 0. The minimum atomic E-state index is -1.22. The largest absolute Gasteiger partial charge is 0.324 e. The Labute approximate surface area is 189 Å². The molecule has 4 aliphatic heterocycles. The van der Waals surface area contributed by atoms with Crippen molar-refractivity contribution in [1.29, 1.82) is 0 Å². The van der Waals surface area contributed by atoms with Gasteiger partial charge in [0.1, 0.15) is 11.4 Å². The van der Waals surface area contributed by atoms with E-state index in [2.05, 4.69) is 10.2 Å². The molecule has 4 atom stereocenters. The highest BCUT2D eigenvalue weighted by Crippen LogP contribution is 2.61. The molecule has 164 valence electrons. The van der Waals surface area contributed by atoms with Crippen LogP contribution < -0.4 is 10.2 Å². The maximum Gasteiger partial charge on any atom is 0.250 e. The molecule has 2 aromatic rings. The van der Waals surface area contributed by atoms with Crippen LogP contribution in [0.1, 0.15) is 29.5 Å². The van der Waals surface area contributed by atoms with Crippen LogP contribution in [0.3, 0.4) is 0 Å². The summed E-state index contributed by atoms with van der Waals surface area (Å²) >= 11 is 5.95. The van der Waals surface area contributed by atoms with Crippen molar-refractivity contribution in [3.05, 3.63) is 57.9 Å². The molecular weight excluding hydrogens is 433 g/mol. The number of hydrogen-bond acceptors (Lipinski definition) is 4. The Morgan fingerprint density at radius 2 is 1.91 bits per heavy atom. The summed E-state index contributed by atoms with van der Waals surface area (Å²) in [6.45, 7) is 4.56. The van der Waals surface area contributed by atoms with E-state index in [1.54, 1.807) is 0 Å². The second-order valence-electron chi connectivity index (χ2n) is 9.24. The van der Waals surface area contributed by atoms with Crippen molar-refractivity contribution in [3.8, 4) is 0 Å². The van der Waals surface area contributed by atoms with Gasteiger partial charge in [0.05, 0.1) is 22.5 Å². The monoisotopic (exact) mass is 453 g/mol. The number of benzene rings is 2. The van der Waals surface area contributed by atoms with E-state index in [-0.39, 0.29) is 28.6 Å². The second-order valence-corrected chi connectivity index (χ2v) is 9.65. The Morgan fingerprint density at radius 3 is 2.66 bits per heavy atom. The fourth-order valence-electron chi connectivity index (χ4n) is 6.54. The van der Waals surface area contributed by atoms with Crippen LogP contribution in [0.5, 0.6) is 0 Å². The average molecular weight is 454 g/mol. The lowest BCUT2D eigenvalue weighted by molar-refractivity contribution is -0.135. The van der Waals surface area contributed by atoms with Gasteiger partial charge in [-0.05, 0) is 57.0 Å². The molecule has 0 unspecified atom stereocenters. The Balaban J connectivity index is 1.57. The predicted molar refractivity (Wildman–Crippen MR) is 117 cm³/mol. The molecule has 0 bridgehead atoms. The highest BCUT2D eigenvalue weighted by molar-refractivity contribution is 6.32. The highest BCUT2D eigenvalue weighted by atomic mass is 35.5. The lowest BCUT2D eigenvalue weighted by Crippen LogP contribution is -2.54. The zero-order valence-electron chi connectivity index (χ0n) is 17.6. The third kappa shape index (κ3) is 2.20. The van der Waals surface area contributed by atoms with Crippen LogP contribution in [-0.2, 0) is 19.9 Å². The van der Waals surface area contributed by atoms with Gasteiger partial charge in [-0.25, -0.2) is 9.29 Å². The predicted octanol–water partition coefficient (Wildman–Crippen LogP) is 3.53. The standard InChI is InChI=1S/C24H21ClFN3O3/c1-11-8-12(2)20-14(9-11)24(23(32)27-20)19-18(17-4-3-7-28(17)24)21(30)29(22(19)31)13-5-6-16(26)15(25)10-13/h5-6,8-10,17-19H,3-4,7H2,1-2H3,(H,27,32)/t17-,18-,19-,24-/m1/s1. The highest BCUT2D eigenvalue weighted by Gasteiger charge is 2.74. The number of aryl methyl sites for hydroxylation is 2. The van der Waals surface area contributed by atoms with Gasteiger partial charge in [-0.2, -0.15) is 0 Å². The number of imide groups is 1. The first-order valence-electron chi connectivity index (χ1n) is 10.8. The van der Waals surface area contributed by atoms with E-state index >= 15 is 0 Å². The molecule has 1 spiro atoms. The molecule has 1 N–H and O–H groups in total. The molecule has 4 heterocycles. The summed E-state index contributed by atoms with van der Waals surface area (Å²) in [5, 5.41) is 2.86. The number of carbonyl (C=O) groups excluding carboxylic acids is 3. The average Bonchev–Trinajstić information content (AvgIpc) is 3.44. The molecule has 3 saturated heterocycles. The SMILES string of the molecule is Cc1cc(C)c2c(c1)[C@]1(C(=O)N2)[C@H]2C(=O)N(c3ccc(F)c(Cl)c3)C(=O)[C@@H]2[C@H]2CCCN21. The topological polar surface area (TPSA) is 69.7 Å². The van der Waals surface area contributed by atoms with E-state index in [9.17, 15) is 18.8 Å². The molecule has 2 aromatic carbocycles. The Hall–Kier alpha value is -2.77. The molecule has 6 nitrogen and oxygen atoms in total. The van der Waals surface area contributed by atoms with E-state index in [0.29, 0.717) is 6.54 Å². The van der Waals surface area contributed by atoms with Gasteiger partial charge in [0.25, 0.3) is 0 Å². The summed E-state index contributed by atoms with van der Waals surface area (Å²) in [4.78, 5) is 44.4. The molecule has 0 aliphatic carbocycles. The van der Waals surface area contributed by atoms with E-state index in [1.165, 1.54) is 12.1 Å². The van der Waals surface area contributed by atoms with Crippen molar-refractivity contribution in [2.24, 2.45) is 11.8 Å². The van der Waals surface area contributed by atoms with Crippen LogP contribution in [0.15, 0.2) is 30.3 Å². The van der Waals surface area contributed by atoms with Gasteiger partial charge < -0.3 is 5.32 Å². The van der Waals surface area contributed by atoms with Crippen LogP contribution in [0.4, 0.5) is 15.8 Å². The Morgan fingerprint density at radius 1 is 1.12 bits per heavy atom. The Kier molecular flexibility index (Phi) is 3.97. The van der Waals surface area contributed by atoms with Crippen LogP contribution >= 0.6 is 11.6 Å². The fourth-order valence-corrected chi connectivity index (χ4v) is 6.71. The zero-order valence-corrected chi connectivity index (χ0v) is 18.4. The molecule has 0 saturated carbocycles. The minimum Gasteiger partial charge on any atom is -0.324 e. The summed E-state index contributed by atoms with van der Waals surface area (Å²) in [6.07, 6.45) is 1.60. The number of anilines is 2. The van der Waals surface area contributed by atoms with Crippen LogP contribution in [-0.4, -0.2) is 35.2 Å². The molecule has 4 aliphatic rings. The fraction of sp³-hybridized carbons (Fsp3) is 0.375. The van der Waals surface area contributed by atoms with E-state index in [4.69, 9.17) is 11.6 Å². The Bertz CT molecular complexity index is 1250. The maximum absolute atomic E-state index is 13.9. The zero-order chi connectivity index (χ0) is 22.5. The molecule has 3 fully saturated rings. The van der Waals surface area contributed by atoms with Crippen molar-refractivity contribution >= 4 is 40.7 Å². The van der Waals surface area contributed by atoms with Crippen molar-refractivity contribution < 1.29 is 18.8 Å². The third-order valence-corrected chi connectivity index (χ3v) is 7.89. The van der Waals surface area contributed by atoms with Gasteiger partial charge in [0, 0.05) is 17.3 Å². The van der Waals surface area contributed by atoms with Gasteiger partial charge in [-0.1, -0.05) is 29.3 Å². The number of amides is 3. The van der Waals surface area contributed by atoms with Crippen molar-refractivity contribution in [1.82, 2.24) is 4.90 Å². The first-order valence-corrected chi connectivity index (χ1v) is 11.2. The molecule has 8 heteroatoms. The van der Waals surface area contributed by atoms with Crippen molar-refractivity contribution in [2.75, 3.05) is 16.8 Å². The third-order valence-electron chi connectivity index (χ3n) is 7.60. The van der Waals surface area contributed by atoms with Gasteiger partial charge in [0.2, 0.25) is 17.7 Å². The van der Waals surface area contributed by atoms with Gasteiger partial charge in [-0.15, -0.1) is 0 Å². The maximum atomic E-state index is 13.9. The number of carbonyl (C=O) groups is 3. The molecule has 0 radical (unpaired) electrons.